The lowest BCUT2D eigenvalue weighted by atomic mass is 9.81. The van der Waals surface area contributed by atoms with Crippen LogP contribution in [-0.2, 0) is 52.5 Å². The quantitative estimate of drug-likeness (QED) is 0.154. The molecule has 0 spiro atoms. The predicted octanol–water partition coefficient (Wildman–Crippen LogP) is 11.0. The number of allylic oxidation sites excluding steroid dienone is 9. The molecule has 13 nitrogen and oxygen atoms in total. The summed E-state index contributed by atoms with van der Waals surface area (Å²) >= 11 is 0. The molecule has 13 unspecified atom stereocenters. The van der Waals surface area contributed by atoms with Crippen LogP contribution in [0.4, 0.5) is 0 Å². The van der Waals surface area contributed by atoms with Crippen molar-refractivity contribution < 1.29 is 62.7 Å². The number of esters is 3. The maximum Gasteiger partial charge on any atom is 0.373 e. The lowest BCUT2D eigenvalue weighted by Crippen LogP contribution is -2.32. The molecule has 2 N–H and O–H groups in total. The Kier molecular flexibility index (Phi) is 31.2. The summed E-state index contributed by atoms with van der Waals surface area (Å²) in [6.45, 7) is 18.9. The summed E-state index contributed by atoms with van der Waals surface area (Å²) in [7, 11) is 3.27. The minimum absolute atomic E-state index is 0.0364. The van der Waals surface area contributed by atoms with Crippen molar-refractivity contribution >= 4 is 29.8 Å². The fourth-order valence-electron chi connectivity index (χ4n) is 9.78. The zero-order chi connectivity index (χ0) is 54.5. The van der Waals surface area contributed by atoms with Crippen LogP contribution in [-0.4, -0.2) is 97.5 Å². The lowest BCUT2D eigenvalue weighted by molar-refractivity contribution is -0.191. The normalized spacial score (nSPS) is 35.3. The van der Waals surface area contributed by atoms with Gasteiger partial charge in [-0.25, -0.2) is 9.59 Å². The Morgan fingerprint density at radius 3 is 2.10 bits per heavy atom. The molecule has 73 heavy (non-hydrogen) atoms. The number of hydrogen-bond acceptors (Lipinski definition) is 13. The standard InChI is InChI=1S/C59H90O11.CO2/c1-12-47-22-15-13-14-16-24-50(60)33-48-34-52(68-58(64)35-48)37-55(67-11)44(7)26-25-43(6)45(8)54(62)29-40(3)21-18-23-49-36-59(65)70-56(46(49)9)30-42(5)28-53(38-66-10)69-57(63)31-41(4)20-17-19-39(2)27-51(61)32-47;2-1-3/h13-21,30,35-36,40-41,43-47,51-56,61-62H,12,22-29,31-34,37-38H2,1-11H3;/b15-13+,16-14-,20-17+,21-18+,39-19-,42-30-;. The first kappa shape index (κ1) is 64.3. The molecule has 0 aromatic heterocycles. The maximum absolute atomic E-state index is 13.1. The highest BCUT2D eigenvalue weighted by molar-refractivity contribution is 5.88. The molecule has 13 atom stereocenters. The van der Waals surface area contributed by atoms with E-state index in [9.17, 15) is 29.4 Å². The molecule has 3 aliphatic heterocycles. The van der Waals surface area contributed by atoms with E-state index in [1.807, 2.05) is 63.3 Å². The highest BCUT2D eigenvalue weighted by atomic mass is 16.6. The number of ketones is 1. The van der Waals surface area contributed by atoms with Crippen molar-refractivity contribution in [1.29, 1.82) is 0 Å². The fourth-order valence-corrected chi connectivity index (χ4v) is 9.78. The smallest absolute Gasteiger partial charge is 0.373 e. The van der Waals surface area contributed by atoms with E-state index < -0.39 is 30.4 Å². The average Bonchev–Trinajstić information content (AvgIpc) is 3.31. The second-order valence-electron chi connectivity index (χ2n) is 21.1. The number of aliphatic hydroxyl groups is 2. The first-order valence-corrected chi connectivity index (χ1v) is 26.6. The Morgan fingerprint density at radius 1 is 0.726 bits per heavy atom. The number of ether oxygens (including phenoxy) is 5. The van der Waals surface area contributed by atoms with Crippen LogP contribution >= 0.6 is 0 Å². The molecule has 13 heteroatoms. The highest BCUT2D eigenvalue weighted by Crippen LogP contribution is 2.32. The van der Waals surface area contributed by atoms with Crippen LogP contribution < -0.4 is 0 Å². The first-order valence-electron chi connectivity index (χ1n) is 26.6. The molecule has 3 rings (SSSR count). The second-order valence-corrected chi connectivity index (χ2v) is 21.1. The maximum atomic E-state index is 13.1. The Hall–Kier alpha value is -4.78. The third kappa shape index (κ3) is 26.3. The molecule has 0 aromatic rings. The Balaban J connectivity index is 0.00000593. The number of aliphatic hydroxyl groups excluding tert-OH is 2. The zero-order valence-corrected chi connectivity index (χ0v) is 45.9. The Bertz CT molecular complexity index is 2000. The van der Waals surface area contributed by atoms with Crippen molar-refractivity contribution in [2.24, 2.45) is 41.4 Å². The van der Waals surface area contributed by atoms with Crippen molar-refractivity contribution in [3.63, 3.8) is 0 Å². The minimum atomic E-state index is -0.499. The largest absolute Gasteiger partial charge is 0.460 e. The number of cyclic esters (lactones) is 1. The van der Waals surface area contributed by atoms with Gasteiger partial charge in [0.2, 0.25) is 0 Å². The van der Waals surface area contributed by atoms with Gasteiger partial charge >= 0.3 is 24.1 Å². The van der Waals surface area contributed by atoms with Crippen molar-refractivity contribution in [3.05, 3.63) is 95.2 Å². The summed E-state index contributed by atoms with van der Waals surface area (Å²) in [5.41, 5.74) is 3.73. The molecule has 0 saturated heterocycles. The van der Waals surface area contributed by atoms with Gasteiger partial charge in [0.25, 0.3) is 0 Å². The van der Waals surface area contributed by atoms with Crippen LogP contribution in [0.25, 0.3) is 0 Å². The van der Waals surface area contributed by atoms with Gasteiger partial charge in [0.15, 0.2) is 0 Å². The van der Waals surface area contributed by atoms with E-state index in [0.717, 1.165) is 48.0 Å². The molecule has 0 saturated carbocycles. The molecule has 0 radical (unpaired) electrons. The highest BCUT2D eigenvalue weighted by Gasteiger charge is 2.31. The van der Waals surface area contributed by atoms with Crippen molar-refractivity contribution in [3.8, 4) is 0 Å². The molecule has 3 heterocycles. The molecule has 0 aliphatic carbocycles. The Labute approximate surface area is 437 Å². The van der Waals surface area contributed by atoms with Gasteiger partial charge in [-0.15, -0.1) is 0 Å². The number of carbonyl (C=O) groups excluding carboxylic acids is 6. The van der Waals surface area contributed by atoms with Gasteiger partial charge in [0.05, 0.1) is 31.3 Å². The van der Waals surface area contributed by atoms with E-state index in [2.05, 4.69) is 59.8 Å². The van der Waals surface area contributed by atoms with Crippen LogP contribution in [0.2, 0.25) is 0 Å². The van der Waals surface area contributed by atoms with Gasteiger partial charge in [-0.05, 0) is 94.0 Å². The molecule has 0 aromatic carbocycles. The predicted molar refractivity (Wildman–Crippen MR) is 283 cm³/mol. The van der Waals surface area contributed by atoms with Gasteiger partial charge in [0.1, 0.15) is 24.1 Å². The molecular weight excluding hydrogens is 929 g/mol. The van der Waals surface area contributed by atoms with Crippen molar-refractivity contribution in [1.82, 2.24) is 0 Å². The van der Waals surface area contributed by atoms with E-state index in [-0.39, 0.29) is 97.5 Å². The molecular formula is C60H90O13. The second kappa shape index (κ2) is 35.4. The van der Waals surface area contributed by atoms with Gasteiger partial charge in [-0.1, -0.05) is 138 Å². The van der Waals surface area contributed by atoms with E-state index in [0.29, 0.717) is 50.9 Å². The van der Waals surface area contributed by atoms with Crippen LogP contribution in [0.5, 0.6) is 0 Å². The first-order chi connectivity index (χ1) is 34.7. The van der Waals surface area contributed by atoms with Crippen LogP contribution in [0.3, 0.4) is 0 Å². The van der Waals surface area contributed by atoms with Gasteiger partial charge in [-0.2, -0.15) is 9.59 Å². The summed E-state index contributed by atoms with van der Waals surface area (Å²) in [6, 6.07) is 0. The summed E-state index contributed by atoms with van der Waals surface area (Å²) in [4.78, 5) is 67.7. The third-order valence-corrected chi connectivity index (χ3v) is 14.5. The van der Waals surface area contributed by atoms with E-state index in [4.69, 9.17) is 33.3 Å². The average molecular weight is 1020 g/mol. The number of methoxy groups -OCH3 is 2. The Morgan fingerprint density at radius 2 is 1.41 bits per heavy atom. The summed E-state index contributed by atoms with van der Waals surface area (Å²) in [5.74, 6) is -0.269. The van der Waals surface area contributed by atoms with E-state index in [1.54, 1.807) is 20.3 Å². The van der Waals surface area contributed by atoms with E-state index >= 15 is 0 Å². The number of Topliss-reactive ketones (excluding diaryl/α,β-unsaturated/α-hetero) is 1. The lowest BCUT2D eigenvalue weighted by Gasteiger charge is -2.31. The van der Waals surface area contributed by atoms with Crippen molar-refractivity contribution in [2.45, 2.75) is 189 Å². The van der Waals surface area contributed by atoms with Crippen LogP contribution in [0.1, 0.15) is 152 Å². The summed E-state index contributed by atoms with van der Waals surface area (Å²) < 4.78 is 28.8. The summed E-state index contributed by atoms with van der Waals surface area (Å²) in [6.07, 6.45) is 28.8. The number of carbonyl (C=O) groups is 4. The monoisotopic (exact) mass is 1020 g/mol. The topological polar surface area (TPSA) is 189 Å². The van der Waals surface area contributed by atoms with Crippen molar-refractivity contribution in [2.75, 3.05) is 20.8 Å². The zero-order valence-electron chi connectivity index (χ0n) is 45.9. The van der Waals surface area contributed by atoms with Gasteiger partial charge in [0, 0.05) is 64.4 Å². The van der Waals surface area contributed by atoms with Gasteiger partial charge < -0.3 is 33.9 Å². The van der Waals surface area contributed by atoms with Crippen LogP contribution in [0, 0.1) is 41.4 Å². The number of fused-ring (bicyclic) bond motifs is 4. The molecule has 0 fully saturated rings. The van der Waals surface area contributed by atoms with E-state index in [1.165, 1.54) is 6.08 Å². The number of hydrogen-bond donors (Lipinski definition) is 2. The third-order valence-electron chi connectivity index (χ3n) is 14.5. The number of rotatable bonds is 4. The van der Waals surface area contributed by atoms with Gasteiger partial charge in [-0.3, -0.25) is 9.59 Å². The SMILES string of the molecule is CCC1C/C=C/C=C\CC(=O)CC2=CC(=O)OC(C2)CC(OC)C(C)CCC(C)C(C)C(O)CC(C)/C=C/CC2=CC(=O)OC(/C=C(/C)CC(COC)OC(=O)CC(C)/C=C/C=C(/C)CC(O)C1)C2C.O=C=O. The molecule has 3 aliphatic rings. The molecule has 4 bridgehead atoms. The van der Waals surface area contributed by atoms with Crippen LogP contribution in [0.15, 0.2) is 95.2 Å². The molecule has 0 amide bonds. The minimum Gasteiger partial charge on any atom is -0.460 e. The fraction of sp³-hybridized carbons (Fsp3) is 0.650. The summed E-state index contributed by atoms with van der Waals surface area (Å²) in [5, 5.41) is 22.3. The molecule has 408 valence electrons.